The highest BCUT2D eigenvalue weighted by molar-refractivity contribution is 7.12. The van der Waals surface area contributed by atoms with E-state index in [1.807, 2.05) is 11.3 Å². The Bertz CT molecular complexity index is 431. The molecular weight excluding hydrogens is 242 g/mol. The first-order chi connectivity index (χ1) is 8.64. The number of hydrogen-bond acceptors (Lipinski definition) is 4. The molecule has 1 aromatic heterocycles. The Morgan fingerprint density at radius 2 is 2.28 bits per heavy atom. The summed E-state index contributed by atoms with van der Waals surface area (Å²) in [7, 11) is 2.20. The van der Waals surface area contributed by atoms with Crippen molar-refractivity contribution >= 4 is 11.3 Å². The van der Waals surface area contributed by atoms with E-state index in [9.17, 15) is 0 Å². The van der Waals surface area contributed by atoms with Gasteiger partial charge in [-0.05, 0) is 39.8 Å². The molecule has 0 aromatic carbocycles. The predicted molar refractivity (Wildman–Crippen MR) is 76.3 cm³/mol. The molecular formula is C14H23N3S. The van der Waals surface area contributed by atoms with Crippen LogP contribution in [-0.4, -0.2) is 36.6 Å². The average Bonchev–Trinajstić information content (AvgIpc) is 2.86. The molecule has 1 aliphatic carbocycles. The molecule has 0 amide bonds. The van der Waals surface area contributed by atoms with Gasteiger partial charge in [0.2, 0.25) is 0 Å². The molecule has 1 saturated carbocycles. The molecule has 1 aliphatic heterocycles. The van der Waals surface area contributed by atoms with E-state index < -0.39 is 0 Å². The van der Waals surface area contributed by atoms with Gasteiger partial charge in [-0.2, -0.15) is 0 Å². The van der Waals surface area contributed by atoms with Gasteiger partial charge in [0.25, 0.3) is 0 Å². The van der Waals surface area contributed by atoms with Crippen molar-refractivity contribution in [1.29, 1.82) is 0 Å². The van der Waals surface area contributed by atoms with E-state index >= 15 is 0 Å². The standard InChI is InChI=1S/C14H23N3S/c1-10-12(14(9-15)5-3-6-14)18-13(16-10)11-4-7-17(2)8-11/h11H,3-9,15H2,1-2H3. The summed E-state index contributed by atoms with van der Waals surface area (Å²) in [6.07, 6.45) is 5.11. The van der Waals surface area contributed by atoms with E-state index in [1.54, 1.807) is 0 Å². The minimum absolute atomic E-state index is 0.282. The van der Waals surface area contributed by atoms with Crippen LogP contribution in [0.5, 0.6) is 0 Å². The molecule has 1 aromatic rings. The van der Waals surface area contributed by atoms with Crippen molar-refractivity contribution < 1.29 is 0 Å². The summed E-state index contributed by atoms with van der Waals surface area (Å²) in [5.74, 6) is 0.655. The summed E-state index contributed by atoms with van der Waals surface area (Å²) in [6.45, 7) is 5.34. The third-order valence-corrected chi connectivity index (χ3v) is 6.30. The fourth-order valence-electron chi connectivity index (χ4n) is 3.35. The van der Waals surface area contributed by atoms with E-state index in [0.29, 0.717) is 5.92 Å². The summed E-state index contributed by atoms with van der Waals surface area (Å²) >= 11 is 1.95. The topological polar surface area (TPSA) is 42.2 Å². The van der Waals surface area contributed by atoms with Crippen molar-refractivity contribution in [3.05, 3.63) is 15.6 Å². The summed E-state index contributed by atoms with van der Waals surface area (Å²) in [6, 6.07) is 0. The zero-order valence-electron chi connectivity index (χ0n) is 11.4. The van der Waals surface area contributed by atoms with Gasteiger partial charge in [0.05, 0.1) is 10.7 Å². The Kier molecular flexibility index (Phi) is 3.20. The van der Waals surface area contributed by atoms with E-state index in [2.05, 4.69) is 18.9 Å². The molecule has 0 bridgehead atoms. The lowest BCUT2D eigenvalue weighted by Gasteiger charge is -2.40. The van der Waals surface area contributed by atoms with Crippen molar-refractivity contribution in [3.63, 3.8) is 0 Å². The van der Waals surface area contributed by atoms with Crippen LogP contribution in [0.2, 0.25) is 0 Å². The summed E-state index contributed by atoms with van der Waals surface area (Å²) in [5.41, 5.74) is 7.55. The first-order valence-corrected chi connectivity index (χ1v) is 7.83. The van der Waals surface area contributed by atoms with Crippen LogP contribution < -0.4 is 5.73 Å². The first kappa shape index (κ1) is 12.6. The monoisotopic (exact) mass is 265 g/mol. The number of nitrogens with two attached hydrogens (primary N) is 1. The predicted octanol–water partition coefficient (Wildman–Crippen LogP) is 2.25. The Morgan fingerprint density at radius 1 is 1.50 bits per heavy atom. The van der Waals surface area contributed by atoms with Crippen molar-refractivity contribution in [2.24, 2.45) is 5.73 Å². The van der Waals surface area contributed by atoms with Crippen molar-refractivity contribution in [2.75, 3.05) is 26.7 Å². The average molecular weight is 265 g/mol. The van der Waals surface area contributed by atoms with Crippen molar-refractivity contribution in [3.8, 4) is 0 Å². The molecule has 18 heavy (non-hydrogen) atoms. The van der Waals surface area contributed by atoms with Gasteiger partial charge in [0.1, 0.15) is 0 Å². The number of aryl methyl sites for hydroxylation is 1. The van der Waals surface area contributed by atoms with Crippen molar-refractivity contribution in [2.45, 2.75) is 43.9 Å². The molecule has 100 valence electrons. The maximum atomic E-state index is 6.03. The number of likely N-dealkylation sites (N-methyl/N-ethyl adjacent to an activating group) is 1. The lowest BCUT2D eigenvalue weighted by atomic mass is 9.67. The second-order valence-corrected chi connectivity index (χ2v) is 7.08. The van der Waals surface area contributed by atoms with Crippen LogP contribution in [0.15, 0.2) is 0 Å². The molecule has 1 atom stereocenters. The van der Waals surface area contributed by atoms with Crippen LogP contribution in [0, 0.1) is 6.92 Å². The van der Waals surface area contributed by atoms with Crippen LogP contribution in [0.25, 0.3) is 0 Å². The largest absolute Gasteiger partial charge is 0.330 e. The Morgan fingerprint density at radius 3 is 2.78 bits per heavy atom. The molecule has 0 spiro atoms. The fourth-order valence-corrected chi connectivity index (χ4v) is 4.80. The van der Waals surface area contributed by atoms with E-state index in [4.69, 9.17) is 10.7 Å². The van der Waals surface area contributed by atoms with Gasteiger partial charge < -0.3 is 10.6 Å². The van der Waals surface area contributed by atoms with Crippen molar-refractivity contribution in [1.82, 2.24) is 9.88 Å². The summed E-state index contributed by atoms with van der Waals surface area (Å²) in [4.78, 5) is 8.75. The van der Waals surface area contributed by atoms with Gasteiger partial charge >= 0.3 is 0 Å². The van der Waals surface area contributed by atoms with E-state index in [1.165, 1.54) is 54.4 Å². The molecule has 2 fully saturated rings. The highest BCUT2D eigenvalue weighted by atomic mass is 32.1. The molecule has 2 aliphatic rings. The number of thiazole rings is 1. The Labute approximate surface area is 113 Å². The van der Waals surface area contributed by atoms with Crippen LogP contribution in [0.1, 0.15) is 47.2 Å². The maximum absolute atomic E-state index is 6.03. The highest BCUT2D eigenvalue weighted by Crippen LogP contribution is 2.47. The summed E-state index contributed by atoms with van der Waals surface area (Å²) < 4.78 is 0. The van der Waals surface area contributed by atoms with Gasteiger partial charge in [-0.1, -0.05) is 6.42 Å². The lowest BCUT2D eigenvalue weighted by Crippen LogP contribution is -2.41. The third-order valence-electron chi connectivity index (χ3n) is 4.74. The van der Waals surface area contributed by atoms with E-state index in [0.717, 1.165) is 6.54 Å². The summed E-state index contributed by atoms with van der Waals surface area (Å²) in [5, 5.41) is 1.35. The maximum Gasteiger partial charge on any atom is 0.0975 e. The minimum Gasteiger partial charge on any atom is -0.330 e. The molecule has 1 unspecified atom stereocenters. The number of rotatable bonds is 3. The van der Waals surface area contributed by atoms with Gasteiger partial charge in [-0.15, -0.1) is 11.3 Å². The molecule has 0 radical (unpaired) electrons. The number of aromatic nitrogens is 1. The number of likely N-dealkylation sites (tertiary alicyclic amines) is 1. The normalized spacial score (nSPS) is 27.4. The third kappa shape index (κ3) is 1.91. The van der Waals surface area contributed by atoms with Gasteiger partial charge in [0.15, 0.2) is 0 Å². The Hall–Kier alpha value is -0.450. The molecule has 2 heterocycles. The smallest absolute Gasteiger partial charge is 0.0975 e. The van der Waals surface area contributed by atoms with Gasteiger partial charge in [-0.25, -0.2) is 4.98 Å². The molecule has 1 saturated heterocycles. The first-order valence-electron chi connectivity index (χ1n) is 7.01. The van der Waals surface area contributed by atoms with Gasteiger partial charge in [0, 0.05) is 29.3 Å². The minimum atomic E-state index is 0.282. The van der Waals surface area contributed by atoms with Crippen LogP contribution >= 0.6 is 11.3 Å². The Balaban J connectivity index is 1.86. The zero-order valence-corrected chi connectivity index (χ0v) is 12.2. The van der Waals surface area contributed by atoms with Crippen LogP contribution in [0.4, 0.5) is 0 Å². The SMILES string of the molecule is Cc1nc(C2CCN(C)C2)sc1C1(CN)CCC1. The second kappa shape index (κ2) is 4.58. The fraction of sp³-hybridized carbons (Fsp3) is 0.786. The van der Waals surface area contributed by atoms with Crippen LogP contribution in [0.3, 0.4) is 0 Å². The molecule has 2 N–H and O–H groups in total. The molecule has 4 heteroatoms. The number of nitrogens with zero attached hydrogens (tertiary/aromatic N) is 2. The van der Waals surface area contributed by atoms with Gasteiger partial charge in [-0.3, -0.25) is 0 Å². The zero-order chi connectivity index (χ0) is 12.8. The van der Waals surface area contributed by atoms with Crippen LogP contribution in [-0.2, 0) is 5.41 Å². The quantitative estimate of drug-likeness (QED) is 0.911. The lowest BCUT2D eigenvalue weighted by molar-refractivity contribution is 0.257. The second-order valence-electron chi connectivity index (χ2n) is 6.05. The number of hydrogen-bond donors (Lipinski definition) is 1. The highest BCUT2D eigenvalue weighted by Gasteiger charge is 2.41. The molecule has 3 rings (SSSR count). The van der Waals surface area contributed by atoms with E-state index in [-0.39, 0.29) is 5.41 Å². The molecule has 3 nitrogen and oxygen atoms in total.